The van der Waals surface area contributed by atoms with E-state index in [2.05, 4.69) is 5.10 Å². The van der Waals surface area contributed by atoms with Gasteiger partial charge in [0.1, 0.15) is 6.61 Å². The second-order valence-electron chi connectivity index (χ2n) is 6.89. The van der Waals surface area contributed by atoms with Gasteiger partial charge in [0.2, 0.25) is 5.91 Å². The first-order valence-corrected chi connectivity index (χ1v) is 9.26. The van der Waals surface area contributed by atoms with Crippen LogP contribution in [0.5, 0.6) is 0 Å². The molecule has 0 aromatic carbocycles. The summed E-state index contributed by atoms with van der Waals surface area (Å²) in [6.45, 7) is 4.24. The van der Waals surface area contributed by atoms with Crippen LogP contribution in [0.25, 0.3) is 0 Å². The van der Waals surface area contributed by atoms with E-state index in [1.54, 1.807) is 0 Å². The van der Waals surface area contributed by atoms with Crippen LogP contribution in [0.1, 0.15) is 38.5 Å². The van der Waals surface area contributed by atoms with Crippen LogP contribution < -0.4 is 0 Å². The minimum Gasteiger partial charge on any atom is -0.376 e. The number of rotatable bonds is 7. The van der Waals surface area contributed by atoms with E-state index in [1.807, 2.05) is 28.0 Å². The average Bonchev–Trinajstić information content (AvgIpc) is 3.15. The summed E-state index contributed by atoms with van der Waals surface area (Å²) in [5.41, 5.74) is 0. The van der Waals surface area contributed by atoms with Gasteiger partial charge in [-0.1, -0.05) is 0 Å². The first-order chi connectivity index (χ1) is 11.8. The van der Waals surface area contributed by atoms with Crippen molar-refractivity contribution in [3.63, 3.8) is 0 Å². The van der Waals surface area contributed by atoms with Crippen molar-refractivity contribution >= 4 is 5.91 Å². The molecule has 24 heavy (non-hydrogen) atoms. The van der Waals surface area contributed by atoms with Crippen LogP contribution in [0.2, 0.25) is 0 Å². The van der Waals surface area contributed by atoms with Crippen LogP contribution in [-0.2, 0) is 20.8 Å². The number of hydrogen-bond acceptors (Lipinski definition) is 4. The Balaban J connectivity index is 1.28. The topological polar surface area (TPSA) is 56.6 Å². The molecule has 0 bridgehead atoms. The highest BCUT2D eigenvalue weighted by Crippen LogP contribution is 2.21. The molecule has 2 fully saturated rings. The lowest BCUT2D eigenvalue weighted by Crippen LogP contribution is -2.41. The second-order valence-corrected chi connectivity index (χ2v) is 6.89. The molecule has 1 aromatic rings. The predicted molar refractivity (Wildman–Crippen MR) is 90.6 cm³/mol. The molecule has 0 spiro atoms. The van der Waals surface area contributed by atoms with Gasteiger partial charge in [-0.25, -0.2) is 0 Å². The molecule has 0 N–H and O–H groups in total. The molecule has 1 aromatic heterocycles. The lowest BCUT2D eigenvalue weighted by Gasteiger charge is -2.32. The number of aromatic nitrogens is 2. The van der Waals surface area contributed by atoms with Gasteiger partial charge in [0.05, 0.1) is 12.7 Å². The molecule has 2 saturated heterocycles. The molecule has 6 nitrogen and oxygen atoms in total. The molecule has 134 valence electrons. The Morgan fingerprint density at radius 2 is 2.12 bits per heavy atom. The van der Waals surface area contributed by atoms with E-state index in [9.17, 15) is 4.79 Å². The van der Waals surface area contributed by atoms with Crippen LogP contribution in [0.15, 0.2) is 18.5 Å². The summed E-state index contributed by atoms with van der Waals surface area (Å²) in [6, 6.07) is 1.96. The van der Waals surface area contributed by atoms with E-state index >= 15 is 0 Å². The fourth-order valence-corrected chi connectivity index (χ4v) is 3.53. The summed E-state index contributed by atoms with van der Waals surface area (Å²) in [5, 5.41) is 4.24. The van der Waals surface area contributed by atoms with Crippen molar-refractivity contribution in [2.45, 2.75) is 51.2 Å². The molecule has 1 atom stereocenters. The highest BCUT2D eigenvalue weighted by molar-refractivity contribution is 5.77. The molecule has 1 unspecified atom stereocenters. The number of carbonyl (C=O) groups is 1. The molecule has 2 aliphatic heterocycles. The van der Waals surface area contributed by atoms with E-state index in [1.165, 1.54) is 6.42 Å². The maximum atomic E-state index is 12.2. The summed E-state index contributed by atoms with van der Waals surface area (Å²) < 4.78 is 13.2. The maximum Gasteiger partial charge on any atom is 0.248 e. The number of hydrogen-bond donors (Lipinski definition) is 0. The molecule has 2 aliphatic rings. The zero-order valence-electron chi connectivity index (χ0n) is 14.4. The van der Waals surface area contributed by atoms with Crippen molar-refractivity contribution in [2.24, 2.45) is 5.92 Å². The fourth-order valence-electron chi connectivity index (χ4n) is 3.53. The van der Waals surface area contributed by atoms with Crippen molar-refractivity contribution in [2.75, 3.05) is 32.9 Å². The van der Waals surface area contributed by atoms with Crippen molar-refractivity contribution in [1.29, 1.82) is 0 Å². The van der Waals surface area contributed by atoms with Crippen molar-refractivity contribution in [1.82, 2.24) is 14.7 Å². The Kier molecular flexibility index (Phi) is 6.66. The van der Waals surface area contributed by atoms with Gasteiger partial charge in [0, 0.05) is 38.6 Å². The number of nitrogens with zero attached hydrogens (tertiary/aromatic N) is 3. The zero-order valence-corrected chi connectivity index (χ0v) is 14.4. The first-order valence-electron chi connectivity index (χ1n) is 9.26. The average molecular weight is 335 g/mol. The quantitative estimate of drug-likeness (QED) is 0.766. The summed E-state index contributed by atoms with van der Waals surface area (Å²) in [4.78, 5) is 14.2. The third-order valence-corrected chi connectivity index (χ3v) is 5.10. The van der Waals surface area contributed by atoms with Gasteiger partial charge >= 0.3 is 0 Å². The number of amides is 1. The number of ether oxygens (including phenoxy) is 2. The molecule has 1 amide bonds. The molecule has 0 aliphatic carbocycles. The lowest BCUT2D eigenvalue weighted by atomic mass is 9.93. The first kappa shape index (κ1) is 17.4. The largest absolute Gasteiger partial charge is 0.376 e. The Bertz CT molecular complexity index is 478. The van der Waals surface area contributed by atoms with Crippen LogP contribution in [0, 0.1) is 5.92 Å². The standard InChI is InChI=1S/C18H29N3O3/c22-18(15-23-14-17-4-1-2-13-24-17)20-10-5-16(6-11-20)7-12-21-9-3-8-19-21/h3,8-9,16-17H,1-2,4-7,10-15H2. The summed E-state index contributed by atoms with van der Waals surface area (Å²) in [7, 11) is 0. The highest BCUT2D eigenvalue weighted by Gasteiger charge is 2.23. The van der Waals surface area contributed by atoms with Gasteiger partial charge in [-0.05, 0) is 50.5 Å². The van der Waals surface area contributed by atoms with E-state index in [0.29, 0.717) is 12.5 Å². The highest BCUT2D eigenvalue weighted by atomic mass is 16.5. The molecular formula is C18H29N3O3. The van der Waals surface area contributed by atoms with Gasteiger partial charge < -0.3 is 14.4 Å². The van der Waals surface area contributed by atoms with E-state index in [0.717, 1.165) is 58.3 Å². The predicted octanol–water partition coefficient (Wildman–Crippen LogP) is 2.10. The SMILES string of the molecule is O=C(COCC1CCCCO1)N1CCC(CCn2cccn2)CC1. The summed E-state index contributed by atoms with van der Waals surface area (Å²) >= 11 is 0. The monoisotopic (exact) mass is 335 g/mol. The van der Waals surface area contributed by atoms with Gasteiger partial charge in [0.25, 0.3) is 0 Å². The third-order valence-electron chi connectivity index (χ3n) is 5.10. The molecule has 3 rings (SSSR count). The molecule has 0 saturated carbocycles. The lowest BCUT2D eigenvalue weighted by molar-refractivity contribution is -0.139. The van der Waals surface area contributed by atoms with Crippen LogP contribution in [-0.4, -0.2) is 59.6 Å². The third kappa shape index (κ3) is 5.31. The Morgan fingerprint density at radius 3 is 2.83 bits per heavy atom. The molecule has 6 heteroatoms. The van der Waals surface area contributed by atoms with E-state index in [4.69, 9.17) is 9.47 Å². The number of carbonyl (C=O) groups excluding carboxylic acids is 1. The van der Waals surface area contributed by atoms with Crippen molar-refractivity contribution in [3.05, 3.63) is 18.5 Å². The van der Waals surface area contributed by atoms with Gasteiger partial charge in [-0.15, -0.1) is 0 Å². The van der Waals surface area contributed by atoms with Gasteiger partial charge in [0.15, 0.2) is 0 Å². The van der Waals surface area contributed by atoms with Crippen LogP contribution >= 0.6 is 0 Å². The number of piperidine rings is 1. The van der Waals surface area contributed by atoms with Crippen LogP contribution in [0.3, 0.4) is 0 Å². The molecule has 3 heterocycles. The Hall–Kier alpha value is -1.40. The summed E-state index contributed by atoms with van der Waals surface area (Å²) in [5.74, 6) is 0.811. The van der Waals surface area contributed by atoms with E-state index in [-0.39, 0.29) is 18.6 Å². The van der Waals surface area contributed by atoms with E-state index < -0.39 is 0 Å². The molecular weight excluding hydrogens is 306 g/mol. The number of likely N-dealkylation sites (tertiary alicyclic amines) is 1. The Morgan fingerprint density at radius 1 is 1.25 bits per heavy atom. The Labute approximate surface area is 144 Å². The van der Waals surface area contributed by atoms with Crippen LogP contribution in [0.4, 0.5) is 0 Å². The van der Waals surface area contributed by atoms with Crippen molar-refractivity contribution < 1.29 is 14.3 Å². The maximum absolute atomic E-state index is 12.2. The minimum absolute atomic E-state index is 0.122. The molecule has 0 radical (unpaired) electrons. The van der Waals surface area contributed by atoms with Crippen molar-refractivity contribution in [3.8, 4) is 0 Å². The van der Waals surface area contributed by atoms with Gasteiger partial charge in [-0.3, -0.25) is 9.48 Å². The smallest absolute Gasteiger partial charge is 0.248 e. The zero-order chi connectivity index (χ0) is 16.6. The number of aryl methyl sites for hydroxylation is 1. The fraction of sp³-hybridized carbons (Fsp3) is 0.778. The normalized spacial score (nSPS) is 22.7. The van der Waals surface area contributed by atoms with Gasteiger partial charge in [-0.2, -0.15) is 5.10 Å². The second kappa shape index (κ2) is 9.18. The summed E-state index contributed by atoms with van der Waals surface area (Å²) in [6.07, 6.45) is 10.7. The minimum atomic E-state index is 0.122.